The summed E-state index contributed by atoms with van der Waals surface area (Å²) < 4.78 is 21.1. The van der Waals surface area contributed by atoms with Crippen LogP contribution < -0.4 is 5.32 Å². The Kier molecular flexibility index (Phi) is 4.89. The van der Waals surface area contributed by atoms with Crippen molar-refractivity contribution >= 4 is 22.6 Å². The number of furan rings is 1. The maximum atomic E-state index is 13.7. The van der Waals surface area contributed by atoms with Crippen LogP contribution in [0.3, 0.4) is 0 Å². The first kappa shape index (κ1) is 19.8. The minimum atomic E-state index is -0.409. The van der Waals surface area contributed by atoms with Gasteiger partial charge in [-0.05, 0) is 64.4 Å². The number of anilines is 1. The van der Waals surface area contributed by atoms with Gasteiger partial charge in [0.15, 0.2) is 5.65 Å². The Morgan fingerprint density at radius 3 is 2.60 bits per heavy atom. The van der Waals surface area contributed by atoms with Crippen molar-refractivity contribution in [2.45, 2.75) is 40.7 Å². The predicted octanol–water partition coefficient (Wildman–Crippen LogP) is 5.59. The summed E-state index contributed by atoms with van der Waals surface area (Å²) in [6.07, 6.45) is 1.65. The first-order valence-corrected chi connectivity index (χ1v) is 9.77. The van der Waals surface area contributed by atoms with Gasteiger partial charge < -0.3 is 9.73 Å². The maximum absolute atomic E-state index is 13.7. The number of nitrogens with one attached hydrogen (secondary N) is 1. The molecule has 0 atom stereocenters. The number of aryl methyl sites for hydroxylation is 3. The lowest BCUT2D eigenvalue weighted by atomic mass is 10.1. The van der Waals surface area contributed by atoms with Gasteiger partial charge in [-0.3, -0.25) is 4.79 Å². The van der Waals surface area contributed by atoms with Gasteiger partial charge in [-0.1, -0.05) is 6.07 Å². The van der Waals surface area contributed by atoms with E-state index in [0.717, 1.165) is 22.6 Å². The van der Waals surface area contributed by atoms with E-state index >= 15 is 0 Å². The molecule has 7 heteroatoms. The van der Waals surface area contributed by atoms with Crippen LogP contribution in [0.5, 0.6) is 0 Å². The lowest BCUT2D eigenvalue weighted by molar-refractivity contribution is 0.102. The molecule has 4 aromatic rings. The molecular weight excluding hydrogens is 383 g/mol. The van der Waals surface area contributed by atoms with Gasteiger partial charge >= 0.3 is 0 Å². The molecule has 1 aromatic carbocycles. The Hall–Kier alpha value is -3.48. The highest BCUT2D eigenvalue weighted by Crippen LogP contribution is 2.30. The summed E-state index contributed by atoms with van der Waals surface area (Å²) in [5.74, 6) is 0.734. The average molecular weight is 406 g/mol. The standard InChI is InChI=1S/C23H23FN4O2/c1-12(2)28-22-19(11-25-28)18(10-21(26-22)17-8-14(4)30-15(17)5)23(29)27-20-9-16(24)7-6-13(20)3/h6-12H,1-5H3,(H,27,29). The zero-order valence-electron chi connectivity index (χ0n) is 17.6. The van der Waals surface area contributed by atoms with E-state index < -0.39 is 5.82 Å². The molecular formula is C23H23FN4O2. The van der Waals surface area contributed by atoms with Gasteiger partial charge in [0, 0.05) is 17.3 Å². The van der Waals surface area contributed by atoms with Crippen LogP contribution in [-0.2, 0) is 0 Å². The number of halogens is 1. The largest absolute Gasteiger partial charge is 0.466 e. The smallest absolute Gasteiger partial charge is 0.256 e. The molecule has 3 aromatic heterocycles. The summed E-state index contributed by atoms with van der Waals surface area (Å²) in [7, 11) is 0. The summed E-state index contributed by atoms with van der Waals surface area (Å²) in [6, 6.07) is 8.01. The Morgan fingerprint density at radius 1 is 1.17 bits per heavy atom. The summed E-state index contributed by atoms with van der Waals surface area (Å²) in [5.41, 5.74) is 3.68. The van der Waals surface area contributed by atoms with Crippen LogP contribution in [0.1, 0.15) is 47.3 Å². The van der Waals surface area contributed by atoms with Gasteiger partial charge in [0.25, 0.3) is 5.91 Å². The highest BCUT2D eigenvalue weighted by atomic mass is 19.1. The van der Waals surface area contributed by atoms with Gasteiger partial charge in [-0.25, -0.2) is 14.1 Å². The van der Waals surface area contributed by atoms with Gasteiger partial charge in [0.2, 0.25) is 0 Å². The van der Waals surface area contributed by atoms with E-state index in [1.807, 2.05) is 40.7 Å². The van der Waals surface area contributed by atoms with E-state index in [2.05, 4.69) is 10.4 Å². The van der Waals surface area contributed by atoms with E-state index in [4.69, 9.17) is 9.40 Å². The highest BCUT2D eigenvalue weighted by Gasteiger charge is 2.21. The van der Waals surface area contributed by atoms with E-state index in [-0.39, 0.29) is 11.9 Å². The highest BCUT2D eigenvalue weighted by molar-refractivity contribution is 6.12. The SMILES string of the molecule is Cc1cc(-c2cc(C(=O)Nc3cc(F)ccc3C)c3cnn(C(C)C)c3n2)c(C)o1. The number of rotatable bonds is 4. The van der Waals surface area contributed by atoms with E-state index in [0.29, 0.717) is 28.0 Å². The fourth-order valence-electron chi connectivity index (χ4n) is 3.53. The monoisotopic (exact) mass is 406 g/mol. The second-order valence-corrected chi connectivity index (χ2v) is 7.72. The number of carbonyl (C=O) groups is 1. The van der Waals surface area contributed by atoms with Crippen molar-refractivity contribution in [2.75, 3.05) is 5.32 Å². The number of amides is 1. The van der Waals surface area contributed by atoms with Crippen molar-refractivity contribution in [1.29, 1.82) is 0 Å². The minimum Gasteiger partial charge on any atom is -0.466 e. The van der Waals surface area contributed by atoms with Crippen LogP contribution >= 0.6 is 0 Å². The van der Waals surface area contributed by atoms with E-state index in [1.165, 1.54) is 12.1 Å². The number of carbonyl (C=O) groups excluding carboxylic acids is 1. The summed E-state index contributed by atoms with van der Waals surface area (Å²) in [6.45, 7) is 9.56. The molecule has 0 aliphatic carbocycles. The molecule has 1 amide bonds. The zero-order valence-corrected chi connectivity index (χ0v) is 17.6. The molecule has 0 saturated heterocycles. The Morgan fingerprint density at radius 2 is 1.93 bits per heavy atom. The molecule has 4 rings (SSSR count). The van der Waals surface area contributed by atoms with Crippen LogP contribution in [-0.4, -0.2) is 20.7 Å². The number of benzene rings is 1. The number of hydrogen-bond acceptors (Lipinski definition) is 4. The number of nitrogens with zero attached hydrogens (tertiary/aromatic N) is 3. The normalized spacial score (nSPS) is 11.4. The number of hydrogen-bond donors (Lipinski definition) is 1. The second kappa shape index (κ2) is 7.40. The van der Waals surface area contributed by atoms with Crippen molar-refractivity contribution in [3.05, 3.63) is 65.0 Å². The third-order valence-electron chi connectivity index (χ3n) is 5.07. The van der Waals surface area contributed by atoms with Crippen LogP contribution in [0, 0.1) is 26.6 Å². The van der Waals surface area contributed by atoms with Crippen LogP contribution in [0.15, 0.2) is 40.9 Å². The second-order valence-electron chi connectivity index (χ2n) is 7.72. The van der Waals surface area contributed by atoms with Crippen LogP contribution in [0.2, 0.25) is 0 Å². The number of aromatic nitrogens is 3. The molecule has 6 nitrogen and oxygen atoms in total. The predicted molar refractivity (Wildman–Crippen MR) is 114 cm³/mol. The van der Waals surface area contributed by atoms with E-state index in [1.54, 1.807) is 23.0 Å². The molecule has 0 unspecified atom stereocenters. The van der Waals surface area contributed by atoms with Gasteiger partial charge in [0.05, 0.1) is 22.8 Å². The van der Waals surface area contributed by atoms with Crippen LogP contribution in [0.25, 0.3) is 22.3 Å². The third kappa shape index (κ3) is 3.47. The first-order valence-electron chi connectivity index (χ1n) is 9.77. The molecule has 3 heterocycles. The molecule has 0 aliphatic heterocycles. The Labute approximate surface area is 173 Å². The lowest BCUT2D eigenvalue weighted by Gasteiger charge is -2.12. The molecule has 0 saturated carbocycles. The number of pyridine rings is 1. The molecule has 0 aliphatic rings. The van der Waals surface area contributed by atoms with Crippen molar-refractivity contribution in [3.8, 4) is 11.3 Å². The first-order chi connectivity index (χ1) is 14.2. The molecule has 0 bridgehead atoms. The lowest BCUT2D eigenvalue weighted by Crippen LogP contribution is -2.14. The van der Waals surface area contributed by atoms with Crippen molar-refractivity contribution < 1.29 is 13.6 Å². The maximum Gasteiger partial charge on any atom is 0.256 e. The molecule has 30 heavy (non-hydrogen) atoms. The van der Waals surface area contributed by atoms with Gasteiger partial charge in [0.1, 0.15) is 17.3 Å². The van der Waals surface area contributed by atoms with Crippen molar-refractivity contribution in [2.24, 2.45) is 0 Å². The van der Waals surface area contributed by atoms with Crippen LogP contribution in [0.4, 0.5) is 10.1 Å². The fraction of sp³-hybridized carbons (Fsp3) is 0.261. The minimum absolute atomic E-state index is 0.0683. The zero-order chi connectivity index (χ0) is 21.6. The average Bonchev–Trinajstić information content (AvgIpc) is 3.26. The Bertz CT molecular complexity index is 1270. The molecule has 0 radical (unpaired) electrons. The van der Waals surface area contributed by atoms with E-state index in [9.17, 15) is 9.18 Å². The molecule has 0 spiro atoms. The fourth-order valence-corrected chi connectivity index (χ4v) is 3.53. The van der Waals surface area contributed by atoms with Gasteiger partial charge in [-0.15, -0.1) is 0 Å². The molecule has 154 valence electrons. The Balaban J connectivity index is 1.88. The van der Waals surface area contributed by atoms with Crippen molar-refractivity contribution in [3.63, 3.8) is 0 Å². The summed E-state index contributed by atoms with van der Waals surface area (Å²) >= 11 is 0. The molecule has 0 fully saturated rings. The van der Waals surface area contributed by atoms with Crippen molar-refractivity contribution in [1.82, 2.24) is 14.8 Å². The summed E-state index contributed by atoms with van der Waals surface area (Å²) in [4.78, 5) is 18.0. The molecule has 1 N–H and O–H groups in total. The third-order valence-corrected chi connectivity index (χ3v) is 5.07. The van der Waals surface area contributed by atoms with Gasteiger partial charge in [-0.2, -0.15) is 5.10 Å². The summed E-state index contributed by atoms with van der Waals surface area (Å²) in [5, 5.41) is 7.90. The quantitative estimate of drug-likeness (QED) is 0.480. The number of fused-ring (bicyclic) bond motifs is 1. The topological polar surface area (TPSA) is 73.0 Å².